The van der Waals surface area contributed by atoms with Gasteiger partial charge in [0.2, 0.25) is 11.8 Å². The minimum absolute atomic E-state index is 0.0896. The van der Waals surface area contributed by atoms with Crippen LogP contribution in [0.4, 0.5) is 17.1 Å². The Bertz CT molecular complexity index is 1270. The van der Waals surface area contributed by atoms with Gasteiger partial charge in [0.1, 0.15) is 12.3 Å². The van der Waals surface area contributed by atoms with Crippen LogP contribution in [0.5, 0.6) is 5.75 Å². The summed E-state index contributed by atoms with van der Waals surface area (Å²) in [5.41, 5.74) is 5.49. The van der Waals surface area contributed by atoms with Crippen molar-refractivity contribution in [3.8, 4) is 5.75 Å². The summed E-state index contributed by atoms with van der Waals surface area (Å²) < 4.78 is 5.30. The second kappa shape index (κ2) is 9.46. The Labute approximate surface area is 197 Å². The number of amides is 2. The summed E-state index contributed by atoms with van der Waals surface area (Å²) in [4.78, 5) is 32.5. The maximum Gasteiger partial charge on any atom is 0.244 e. The molecule has 1 heterocycles. The van der Waals surface area contributed by atoms with Crippen LogP contribution in [-0.2, 0) is 9.59 Å². The van der Waals surface area contributed by atoms with Gasteiger partial charge in [0, 0.05) is 5.02 Å². The number of hydrogen-bond acceptors (Lipinski definition) is 4. The molecule has 4 rings (SSSR count). The number of carbonyl (C=O) groups is 2. The highest BCUT2D eigenvalue weighted by Gasteiger charge is 2.27. The molecule has 0 saturated heterocycles. The fourth-order valence-electron chi connectivity index (χ4n) is 3.92. The largest absolute Gasteiger partial charge is 0.495 e. The summed E-state index contributed by atoms with van der Waals surface area (Å²) in [6.07, 6.45) is 0.0896. The van der Waals surface area contributed by atoms with Gasteiger partial charge < -0.3 is 15.0 Å². The number of ether oxygens (including phenoxy) is 1. The molecule has 0 spiro atoms. The molecule has 0 bridgehead atoms. The monoisotopic (exact) mass is 461 g/mol. The van der Waals surface area contributed by atoms with Crippen LogP contribution in [0.3, 0.4) is 0 Å². The molecule has 0 aromatic heterocycles. The first kappa shape index (κ1) is 22.6. The van der Waals surface area contributed by atoms with Crippen LogP contribution >= 0.6 is 11.6 Å². The zero-order valence-electron chi connectivity index (χ0n) is 18.7. The number of benzene rings is 3. The average Bonchev–Trinajstić information content (AvgIpc) is 2.90. The van der Waals surface area contributed by atoms with E-state index in [1.807, 2.05) is 44.2 Å². The van der Waals surface area contributed by atoms with Gasteiger partial charge in [0.25, 0.3) is 0 Å². The van der Waals surface area contributed by atoms with Crippen LogP contribution < -0.4 is 15.0 Å². The molecule has 2 amide bonds. The van der Waals surface area contributed by atoms with Crippen LogP contribution in [0.2, 0.25) is 5.02 Å². The predicted octanol–water partition coefficient (Wildman–Crippen LogP) is 5.46. The quantitative estimate of drug-likeness (QED) is 0.548. The Hall–Kier alpha value is -3.64. The second-order valence-electron chi connectivity index (χ2n) is 7.92. The minimum Gasteiger partial charge on any atom is -0.495 e. The summed E-state index contributed by atoms with van der Waals surface area (Å²) in [5, 5.41) is 3.27. The fraction of sp³-hybridized carbons (Fsp3) is 0.192. The first-order valence-corrected chi connectivity index (χ1v) is 10.9. The maximum atomic E-state index is 13.3. The van der Waals surface area contributed by atoms with Gasteiger partial charge in [-0.1, -0.05) is 47.5 Å². The molecule has 1 aliphatic rings. The van der Waals surface area contributed by atoms with Crippen molar-refractivity contribution in [2.75, 3.05) is 23.9 Å². The molecule has 0 unspecified atom stereocenters. The molecule has 0 aliphatic carbocycles. The lowest BCUT2D eigenvalue weighted by Crippen LogP contribution is -2.38. The lowest BCUT2D eigenvalue weighted by atomic mass is 9.99. The number of hydrogen-bond donors (Lipinski definition) is 1. The minimum atomic E-state index is -0.367. The summed E-state index contributed by atoms with van der Waals surface area (Å²) in [5.74, 6) is -0.0867. The second-order valence-corrected chi connectivity index (χ2v) is 8.35. The number of methoxy groups -OCH3 is 1. The van der Waals surface area contributed by atoms with E-state index in [0.717, 1.165) is 16.7 Å². The van der Waals surface area contributed by atoms with Gasteiger partial charge in [-0.05, 0) is 55.3 Å². The Balaban J connectivity index is 1.63. The molecule has 1 N–H and O–H groups in total. The van der Waals surface area contributed by atoms with Gasteiger partial charge in [-0.3, -0.25) is 14.6 Å². The van der Waals surface area contributed by atoms with Gasteiger partial charge in [-0.25, -0.2) is 0 Å². The highest BCUT2D eigenvalue weighted by molar-refractivity contribution is 6.31. The molecule has 0 radical (unpaired) electrons. The van der Waals surface area contributed by atoms with Crippen molar-refractivity contribution in [1.29, 1.82) is 0 Å². The zero-order valence-corrected chi connectivity index (χ0v) is 19.4. The highest BCUT2D eigenvalue weighted by atomic mass is 35.5. The van der Waals surface area contributed by atoms with Gasteiger partial charge in [-0.2, -0.15) is 0 Å². The maximum absolute atomic E-state index is 13.3. The summed E-state index contributed by atoms with van der Waals surface area (Å²) >= 11 is 6.07. The summed E-state index contributed by atoms with van der Waals surface area (Å²) in [6.45, 7) is 3.87. The van der Waals surface area contributed by atoms with Crippen molar-refractivity contribution in [3.63, 3.8) is 0 Å². The Morgan fingerprint density at radius 3 is 2.67 bits per heavy atom. The molecular weight excluding hydrogens is 438 g/mol. The van der Waals surface area contributed by atoms with E-state index in [9.17, 15) is 9.59 Å². The van der Waals surface area contributed by atoms with Gasteiger partial charge >= 0.3 is 0 Å². The number of halogens is 1. The van der Waals surface area contributed by atoms with E-state index in [1.54, 1.807) is 24.3 Å². The van der Waals surface area contributed by atoms with Gasteiger partial charge in [0.15, 0.2) is 0 Å². The molecule has 6 nitrogen and oxygen atoms in total. The molecule has 0 saturated carbocycles. The third-order valence-electron chi connectivity index (χ3n) is 5.48. The van der Waals surface area contributed by atoms with Crippen LogP contribution in [0, 0.1) is 13.8 Å². The number of nitrogens with one attached hydrogen (secondary N) is 1. The lowest BCUT2D eigenvalue weighted by Gasteiger charge is -2.22. The van der Waals surface area contributed by atoms with Crippen LogP contribution in [0.25, 0.3) is 0 Å². The number of fused-ring (bicyclic) bond motifs is 1. The third-order valence-corrected chi connectivity index (χ3v) is 5.71. The zero-order chi connectivity index (χ0) is 23.5. The lowest BCUT2D eigenvalue weighted by molar-refractivity contribution is -0.120. The molecule has 33 heavy (non-hydrogen) atoms. The van der Waals surface area contributed by atoms with E-state index >= 15 is 0 Å². The van der Waals surface area contributed by atoms with Crippen molar-refractivity contribution in [2.24, 2.45) is 4.99 Å². The van der Waals surface area contributed by atoms with Crippen LogP contribution in [-0.4, -0.2) is 31.2 Å². The van der Waals surface area contributed by atoms with Crippen molar-refractivity contribution < 1.29 is 14.3 Å². The standard InChI is InChI=1S/C26H24ClN3O3/c1-16-8-10-19(17(2)12-16)21-14-26(32)30(23-7-5-4-6-20(23)28-21)15-25(31)29-22-13-18(27)9-11-24(22)33-3/h4-13H,14-15H2,1-3H3,(H,29,31). The smallest absolute Gasteiger partial charge is 0.244 e. The summed E-state index contributed by atoms with van der Waals surface area (Å²) in [6, 6.07) is 18.4. The van der Waals surface area contributed by atoms with Crippen molar-refractivity contribution >= 4 is 46.2 Å². The molecule has 1 aliphatic heterocycles. The third kappa shape index (κ3) is 4.91. The average molecular weight is 462 g/mol. The summed E-state index contributed by atoms with van der Waals surface area (Å²) in [7, 11) is 1.51. The molecule has 7 heteroatoms. The molecule has 0 atom stereocenters. The van der Waals surface area contributed by atoms with E-state index in [4.69, 9.17) is 21.3 Å². The molecule has 3 aromatic rings. The van der Waals surface area contributed by atoms with Gasteiger partial charge in [0.05, 0.1) is 36.3 Å². The normalized spacial score (nSPS) is 13.2. The number of anilines is 2. The van der Waals surface area contributed by atoms with Crippen molar-refractivity contribution in [1.82, 2.24) is 0 Å². The van der Waals surface area contributed by atoms with Crippen LogP contribution in [0.15, 0.2) is 65.7 Å². The molecule has 3 aromatic carbocycles. The number of carbonyl (C=O) groups excluding carboxylic acids is 2. The highest BCUT2D eigenvalue weighted by Crippen LogP contribution is 2.34. The van der Waals surface area contributed by atoms with E-state index in [2.05, 4.69) is 11.4 Å². The van der Waals surface area contributed by atoms with E-state index in [0.29, 0.717) is 33.5 Å². The molecule has 0 fully saturated rings. The Morgan fingerprint density at radius 1 is 1.12 bits per heavy atom. The van der Waals surface area contributed by atoms with Crippen molar-refractivity contribution in [3.05, 3.63) is 82.4 Å². The Kier molecular flexibility index (Phi) is 6.47. The number of rotatable bonds is 5. The van der Waals surface area contributed by atoms with E-state index in [-0.39, 0.29) is 24.8 Å². The topological polar surface area (TPSA) is 71.0 Å². The van der Waals surface area contributed by atoms with E-state index in [1.165, 1.54) is 12.0 Å². The number of para-hydroxylation sites is 2. The van der Waals surface area contributed by atoms with Gasteiger partial charge in [-0.15, -0.1) is 0 Å². The SMILES string of the molecule is COc1ccc(Cl)cc1NC(=O)CN1C(=O)CC(c2ccc(C)cc2C)=Nc2ccccc21. The number of nitrogens with zero attached hydrogens (tertiary/aromatic N) is 2. The Morgan fingerprint density at radius 2 is 1.91 bits per heavy atom. The van der Waals surface area contributed by atoms with E-state index < -0.39 is 0 Å². The number of aryl methyl sites for hydroxylation is 2. The fourth-order valence-corrected chi connectivity index (χ4v) is 4.09. The predicted molar refractivity (Wildman–Crippen MR) is 132 cm³/mol. The van der Waals surface area contributed by atoms with Crippen molar-refractivity contribution in [2.45, 2.75) is 20.3 Å². The molecular formula is C26H24ClN3O3. The first-order valence-electron chi connectivity index (χ1n) is 10.5. The first-order chi connectivity index (χ1) is 15.9. The van der Waals surface area contributed by atoms with Crippen LogP contribution in [0.1, 0.15) is 23.1 Å². The number of aliphatic imine (C=N–C) groups is 1. The molecule has 168 valence electrons.